The fourth-order valence-electron chi connectivity index (χ4n) is 1.95. The first kappa shape index (κ1) is 14.6. The summed E-state index contributed by atoms with van der Waals surface area (Å²) in [7, 11) is 0. The number of ether oxygens (including phenoxy) is 1. The predicted molar refractivity (Wildman–Crippen MR) is 80.8 cm³/mol. The van der Waals surface area contributed by atoms with E-state index in [1.54, 1.807) is 18.2 Å². The van der Waals surface area contributed by atoms with Crippen LogP contribution in [0.3, 0.4) is 0 Å². The molecule has 2 aromatic carbocycles. The zero-order valence-corrected chi connectivity index (χ0v) is 11.8. The van der Waals surface area contributed by atoms with Crippen molar-refractivity contribution in [1.82, 2.24) is 0 Å². The first-order valence-corrected chi connectivity index (χ1v) is 6.73. The van der Waals surface area contributed by atoms with E-state index in [2.05, 4.69) is 11.4 Å². The smallest absolute Gasteiger partial charge is 0.411 e. The van der Waals surface area contributed by atoms with Crippen molar-refractivity contribution in [3.63, 3.8) is 0 Å². The van der Waals surface area contributed by atoms with Crippen molar-refractivity contribution in [2.45, 2.75) is 20.0 Å². The highest BCUT2D eigenvalue weighted by Crippen LogP contribution is 2.18. The lowest BCUT2D eigenvalue weighted by Crippen LogP contribution is -2.14. The number of aryl methyl sites for hydroxylation is 1. The van der Waals surface area contributed by atoms with Gasteiger partial charge in [0, 0.05) is 5.69 Å². The van der Waals surface area contributed by atoms with E-state index in [-0.39, 0.29) is 6.61 Å². The number of hydrogen-bond donors (Lipinski definition) is 1. The van der Waals surface area contributed by atoms with Gasteiger partial charge in [-0.3, -0.25) is 5.32 Å². The first-order chi connectivity index (χ1) is 10.2. The van der Waals surface area contributed by atoms with Crippen LogP contribution in [0.25, 0.3) is 0 Å². The summed E-state index contributed by atoms with van der Waals surface area (Å²) < 4.78 is 5.17. The number of nitriles is 1. The molecule has 1 amide bonds. The van der Waals surface area contributed by atoms with Gasteiger partial charge in [0.2, 0.25) is 0 Å². The summed E-state index contributed by atoms with van der Waals surface area (Å²) >= 11 is 0. The van der Waals surface area contributed by atoms with Crippen LogP contribution in [0, 0.1) is 11.3 Å². The van der Waals surface area contributed by atoms with Crippen LogP contribution in [0.15, 0.2) is 48.5 Å². The zero-order chi connectivity index (χ0) is 15.1. The molecule has 4 nitrogen and oxygen atoms in total. The molecule has 2 aromatic rings. The van der Waals surface area contributed by atoms with Gasteiger partial charge in [0.15, 0.2) is 0 Å². The summed E-state index contributed by atoms with van der Waals surface area (Å²) in [5.74, 6) is 0. The Morgan fingerprint density at radius 2 is 2.00 bits per heavy atom. The molecule has 0 aliphatic carbocycles. The second-order valence-electron chi connectivity index (χ2n) is 4.52. The molecule has 21 heavy (non-hydrogen) atoms. The van der Waals surface area contributed by atoms with E-state index in [1.807, 2.05) is 37.3 Å². The largest absolute Gasteiger partial charge is 0.444 e. The number of anilines is 1. The zero-order valence-electron chi connectivity index (χ0n) is 11.8. The Labute approximate surface area is 124 Å². The summed E-state index contributed by atoms with van der Waals surface area (Å²) in [5, 5.41) is 11.6. The van der Waals surface area contributed by atoms with Crippen LogP contribution in [0.2, 0.25) is 0 Å². The minimum Gasteiger partial charge on any atom is -0.444 e. The van der Waals surface area contributed by atoms with E-state index in [1.165, 1.54) is 0 Å². The number of nitrogens with one attached hydrogen (secondary N) is 1. The fraction of sp³-hybridized carbons (Fsp3) is 0.176. The second kappa shape index (κ2) is 7.11. The van der Waals surface area contributed by atoms with Crippen molar-refractivity contribution in [2.24, 2.45) is 0 Å². The maximum absolute atomic E-state index is 11.8. The van der Waals surface area contributed by atoms with Gasteiger partial charge >= 0.3 is 6.09 Å². The average Bonchev–Trinajstić information content (AvgIpc) is 2.54. The van der Waals surface area contributed by atoms with E-state index in [0.717, 1.165) is 17.5 Å². The normalized spacial score (nSPS) is 9.71. The molecule has 0 unspecified atom stereocenters. The van der Waals surface area contributed by atoms with Crippen LogP contribution in [-0.2, 0) is 17.8 Å². The van der Waals surface area contributed by atoms with Crippen LogP contribution in [0.5, 0.6) is 0 Å². The van der Waals surface area contributed by atoms with Gasteiger partial charge in [0.25, 0.3) is 0 Å². The summed E-state index contributed by atoms with van der Waals surface area (Å²) in [6, 6.07) is 16.7. The van der Waals surface area contributed by atoms with Gasteiger partial charge in [-0.25, -0.2) is 4.79 Å². The van der Waals surface area contributed by atoms with Crippen molar-refractivity contribution in [1.29, 1.82) is 5.26 Å². The molecule has 0 radical (unpaired) electrons. The lowest BCUT2D eigenvalue weighted by atomic mass is 10.1. The Bertz CT molecular complexity index is 660. The number of rotatable bonds is 4. The molecule has 0 aliphatic rings. The molecule has 0 spiro atoms. The Hall–Kier alpha value is -2.80. The Kier molecular flexibility index (Phi) is 4.94. The molecule has 0 saturated carbocycles. The number of nitrogens with zero attached hydrogens (tertiary/aromatic N) is 1. The third-order valence-electron chi connectivity index (χ3n) is 3.06. The van der Waals surface area contributed by atoms with Gasteiger partial charge in [-0.1, -0.05) is 37.3 Å². The van der Waals surface area contributed by atoms with E-state index >= 15 is 0 Å². The molecule has 4 heteroatoms. The maximum Gasteiger partial charge on any atom is 0.411 e. The highest BCUT2D eigenvalue weighted by Gasteiger charge is 2.08. The molecular weight excluding hydrogens is 264 g/mol. The minimum absolute atomic E-state index is 0.227. The van der Waals surface area contributed by atoms with Gasteiger partial charge in [0.05, 0.1) is 11.6 Å². The van der Waals surface area contributed by atoms with Crippen LogP contribution >= 0.6 is 0 Å². The van der Waals surface area contributed by atoms with Gasteiger partial charge in [-0.15, -0.1) is 0 Å². The molecular formula is C17H16N2O2. The van der Waals surface area contributed by atoms with Crippen LogP contribution in [0.1, 0.15) is 23.6 Å². The van der Waals surface area contributed by atoms with Gasteiger partial charge in [-0.2, -0.15) is 5.26 Å². The van der Waals surface area contributed by atoms with Crippen molar-refractivity contribution in [3.05, 3.63) is 65.2 Å². The quantitative estimate of drug-likeness (QED) is 0.924. The van der Waals surface area contributed by atoms with Crippen molar-refractivity contribution in [3.8, 4) is 6.07 Å². The summed E-state index contributed by atoms with van der Waals surface area (Å²) in [5.41, 5.74) is 3.10. The third kappa shape index (κ3) is 4.08. The van der Waals surface area contributed by atoms with Crippen molar-refractivity contribution < 1.29 is 9.53 Å². The predicted octanol–water partition coefficient (Wildman–Crippen LogP) is 3.87. The number of hydrogen-bond acceptors (Lipinski definition) is 3. The molecule has 0 saturated heterocycles. The molecule has 0 fully saturated rings. The molecule has 0 aromatic heterocycles. The van der Waals surface area contributed by atoms with E-state index in [9.17, 15) is 4.79 Å². The molecule has 0 heterocycles. The molecule has 1 N–H and O–H groups in total. The van der Waals surface area contributed by atoms with E-state index in [4.69, 9.17) is 10.00 Å². The second-order valence-corrected chi connectivity index (χ2v) is 4.52. The lowest BCUT2D eigenvalue weighted by Gasteiger charge is -2.10. The Morgan fingerprint density at radius 1 is 1.24 bits per heavy atom. The topological polar surface area (TPSA) is 62.1 Å². The molecule has 0 aliphatic heterocycles. The van der Waals surface area contributed by atoms with Gasteiger partial charge < -0.3 is 4.74 Å². The van der Waals surface area contributed by atoms with Crippen LogP contribution in [-0.4, -0.2) is 6.09 Å². The number of benzene rings is 2. The van der Waals surface area contributed by atoms with Gasteiger partial charge in [-0.05, 0) is 35.7 Å². The molecule has 0 atom stereocenters. The highest BCUT2D eigenvalue weighted by molar-refractivity contribution is 5.85. The molecule has 2 rings (SSSR count). The van der Waals surface area contributed by atoms with Crippen LogP contribution in [0.4, 0.5) is 10.5 Å². The molecule has 0 bridgehead atoms. The standard InChI is InChI=1S/C17H16N2O2/c1-2-15-10-14(11-18)8-9-16(15)19-17(20)21-12-13-6-4-3-5-7-13/h3-10H,2,12H2,1H3,(H,19,20). The first-order valence-electron chi connectivity index (χ1n) is 6.73. The van der Waals surface area contributed by atoms with Crippen molar-refractivity contribution in [2.75, 3.05) is 5.32 Å². The number of amides is 1. The average molecular weight is 280 g/mol. The van der Waals surface area contributed by atoms with E-state index < -0.39 is 6.09 Å². The monoisotopic (exact) mass is 280 g/mol. The highest BCUT2D eigenvalue weighted by atomic mass is 16.5. The summed E-state index contributed by atoms with van der Waals surface area (Å²) in [6.07, 6.45) is 0.224. The minimum atomic E-state index is -0.502. The summed E-state index contributed by atoms with van der Waals surface area (Å²) in [6.45, 7) is 2.20. The van der Waals surface area contributed by atoms with E-state index in [0.29, 0.717) is 11.3 Å². The number of carbonyl (C=O) groups excluding carboxylic acids is 1. The van der Waals surface area contributed by atoms with Gasteiger partial charge in [0.1, 0.15) is 6.61 Å². The number of carbonyl (C=O) groups is 1. The third-order valence-corrected chi connectivity index (χ3v) is 3.06. The SMILES string of the molecule is CCc1cc(C#N)ccc1NC(=O)OCc1ccccc1. The Balaban J connectivity index is 1.98. The summed E-state index contributed by atoms with van der Waals surface area (Å²) in [4.78, 5) is 11.8. The lowest BCUT2D eigenvalue weighted by molar-refractivity contribution is 0.155. The van der Waals surface area contributed by atoms with Crippen molar-refractivity contribution >= 4 is 11.8 Å². The fourth-order valence-corrected chi connectivity index (χ4v) is 1.95. The molecule has 106 valence electrons. The van der Waals surface area contributed by atoms with Crippen LogP contribution < -0.4 is 5.32 Å². The maximum atomic E-state index is 11.8. The Morgan fingerprint density at radius 3 is 2.67 bits per heavy atom.